The Morgan fingerprint density at radius 1 is 0.889 bits per heavy atom. The maximum Gasteiger partial charge on any atom is 0.0207 e. The molecule has 2 aromatic rings. The van der Waals surface area contributed by atoms with Crippen LogP contribution in [0.15, 0.2) is 84.2 Å². The minimum atomic E-state index is -0.497. The van der Waals surface area contributed by atoms with Gasteiger partial charge >= 0.3 is 0 Å². The Kier molecular flexibility index (Phi) is 7.42. The van der Waals surface area contributed by atoms with E-state index in [1.165, 1.54) is 22.9 Å². The molecule has 1 nitrogen and oxygen atoms in total. The number of allylic oxidation sites excluding steroid dienone is 2. The van der Waals surface area contributed by atoms with Gasteiger partial charge < -0.3 is 0 Å². The Balaban J connectivity index is 1.95. The molecule has 1 aliphatic carbocycles. The van der Waals surface area contributed by atoms with Gasteiger partial charge in [-0.15, -0.1) is 0 Å². The molecule has 1 unspecified atom stereocenters. The molecule has 0 saturated carbocycles. The van der Waals surface area contributed by atoms with Crippen molar-refractivity contribution in [3.8, 4) is 0 Å². The van der Waals surface area contributed by atoms with E-state index in [0.29, 0.717) is 12.0 Å². The van der Waals surface area contributed by atoms with Crippen molar-refractivity contribution in [1.29, 1.82) is 0 Å². The van der Waals surface area contributed by atoms with E-state index in [1.54, 1.807) is 5.31 Å². The van der Waals surface area contributed by atoms with E-state index >= 15 is 0 Å². The summed E-state index contributed by atoms with van der Waals surface area (Å²) in [5.74, 6) is 0.490. The molecule has 0 spiro atoms. The third-order valence-corrected chi connectivity index (χ3v) is 10.8. The summed E-state index contributed by atoms with van der Waals surface area (Å²) < 4.78 is 2.66. The van der Waals surface area contributed by atoms with Crippen LogP contribution < -0.4 is 10.6 Å². The van der Waals surface area contributed by atoms with Gasteiger partial charge in [0.1, 0.15) is 0 Å². The Bertz CT molecular complexity index is 726. The summed E-state index contributed by atoms with van der Waals surface area (Å²) in [6.07, 6.45) is 9.64. The molecule has 2 atom stereocenters. The lowest BCUT2D eigenvalue weighted by molar-refractivity contribution is 0.376. The fourth-order valence-corrected chi connectivity index (χ4v) is 8.54. The minimum absolute atomic E-state index is 0.0404. The van der Waals surface area contributed by atoms with E-state index < -0.39 is 7.92 Å². The molecule has 0 amide bonds. The molecule has 0 saturated heterocycles. The van der Waals surface area contributed by atoms with Gasteiger partial charge in [0, 0.05) is 12.0 Å². The molecule has 0 radical (unpaired) electrons. The van der Waals surface area contributed by atoms with Crippen molar-refractivity contribution in [2.24, 2.45) is 5.92 Å². The molecule has 142 valence electrons. The van der Waals surface area contributed by atoms with Crippen molar-refractivity contribution in [2.75, 3.05) is 19.4 Å². The third-order valence-electron chi connectivity index (χ3n) is 5.50. The molecular weight excluding hydrogens is 364 g/mol. The van der Waals surface area contributed by atoms with E-state index in [0.717, 1.165) is 0 Å². The van der Waals surface area contributed by atoms with Gasteiger partial charge in [0.15, 0.2) is 0 Å². The second-order valence-corrected chi connectivity index (χ2v) is 12.1. The lowest BCUT2D eigenvalue weighted by Crippen LogP contribution is -2.33. The predicted octanol–water partition coefficient (Wildman–Crippen LogP) is 5.95. The molecule has 3 rings (SSSR count). The second-order valence-electron chi connectivity index (χ2n) is 6.96. The first-order valence-corrected chi connectivity index (χ1v) is 12.9. The van der Waals surface area contributed by atoms with Gasteiger partial charge in [-0.3, -0.25) is 4.67 Å². The van der Waals surface area contributed by atoms with Crippen molar-refractivity contribution >= 4 is 26.6 Å². The molecule has 0 N–H and O–H groups in total. The van der Waals surface area contributed by atoms with Gasteiger partial charge in [-0.05, 0) is 58.2 Å². The van der Waals surface area contributed by atoms with E-state index in [2.05, 4.69) is 111 Å². The Morgan fingerprint density at radius 2 is 1.41 bits per heavy atom. The first-order chi connectivity index (χ1) is 13.2. The molecule has 0 aromatic heterocycles. The smallest absolute Gasteiger partial charge is 0.0207 e. The van der Waals surface area contributed by atoms with E-state index in [4.69, 9.17) is 0 Å². The first-order valence-electron chi connectivity index (χ1n) is 9.93. The number of hydrogen-bond acceptors (Lipinski definition) is 1. The van der Waals surface area contributed by atoms with Crippen molar-refractivity contribution in [1.82, 2.24) is 4.67 Å². The van der Waals surface area contributed by atoms with Gasteiger partial charge in [-0.25, -0.2) is 0 Å². The summed E-state index contributed by atoms with van der Waals surface area (Å²) in [6, 6.07) is 22.7. The van der Waals surface area contributed by atoms with Crippen LogP contribution in [0.4, 0.5) is 0 Å². The van der Waals surface area contributed by atoms with Gasteiger partial charge in [0.2, 0.25) is 0 Å². The highest BCUT2D eigenvalue weighted by molar-refractivity contribution is 7.76. The summed E-state index contributed by atoms with van der Waals surface area (Å²) in [4.78, 5) is 0. The average molecular weight is 395 g/mol. The van der Waals surface area contributed by atoms with Crippen molar-refractivity contribution in [3.05, 3.63) is 84.2 Å². The standard InChI is InChI=1S/C24H31NP2/c1-5-26(6-2)25(4)20(3)23-18-13-19-24(23)27(21-14-9-7-10-15-21)22-16-11-8-12-17-22/h7-20,23H,5-6H2,1-4H3/t20-,23?/m0/s1. The van der Waals surface area contributed by atoms with Crippen LogP contribution >= 0.6 is 16.0 Å². The topological polar surface area (TPSA) is 3.24 Å². The largest absolute Gasteiger partial charge is 0.281 e. The number of hydrogen-bond donors (Lipinski definition) is 0. The van der Waals surface area contributed by atoms with Crippen molar-refractivity contribution < 1.29 is 0 Å². The maximum atomic E-state index is 2.66. The number of benzene rings is 2. The number of rotatable bonds is 8. The molecule has 0 heterocycles. The lowest BCUT2D eigenvalue weighted by atomic mass is 10.0. The molecule has 0 aliphatic heterocycles. The van der Waals surface area contributed by atoms with Crippen LogP contribution in [0, 0.1) is 5.92 Å². The summed E-state index contributed by atoms with van der Waals surface area (Å²) in [5, 5.41) is 4.48. The summed E-state index contributed by atoms with van der Waals surface area (Å²) >= 11 is 0. The highest BCUT2D eigenvalue weighted by atomic mass is 31.1. The second kappa shape index (κ2) is 9.79. The maximum absolute atomic E-state index is 2.66. The number of nitrogens with zero attached hydrogens (tertiary/aromatic N) is 1. The Morgan fingerprint density at radius 3 is 1.89 bits per heavy atom. The van der Waals surface area contributed by atoms with Gasteiger partial charge in [-0.1, -0.05) is 92.7 Å². The first kappa shape index (κ1) is 20.5. The van der Waals surface area contributed by atoms with Crippen molar-refractivity contribution in [2.45, 2.75) is 26.8 Å². The molecule has 3 heteroatoms. The van der Waals surface area contributed by atoms with Gasteiger partial charge in [0.25, 0.3) is 0 Å². The van der Waals surface area contributed by atoms with E-state index in [-0.39, 0.29) is 8.07 Å². The monoisotopic (exact) mass is 395 g/mol. The van der Waals surface area contributed by atoms with Crippen LogP contribution in [0.3, 0.4) is 0 Å². The predicted molar refractivity (Wildman–Crippen MR) is 125 cm³/mol. The fourth-order valence-electron chi connectivity index (χ4n) is 3.88. The molecule has 2 aromatic carbocycles. The van der Waals surface area contributed by atoms with Crippen LogP contribution in [0.2, 0.25) is 0 Å². The highest BCUT2D eigenvalue weighted by Gasteiger charge is 2.32. The van der Waals surface area contributed by atoms with Crippen molar-refractivity contribution in [3.63, 3.8) is 0 Å². The zero-order valence-electron chi connectivity index (χ0n) is 16.9. The van der Waals surface area contributed by atoms with E-state index in [1.807, 2.05) is 0 Å². The highest BCUT2D eigenvalue weighted by Crippen LogP contribution is 2.52. The molecular formula is C24H31NP2. The molecule has 0 fully saturated rings. The minimum Gasteiger partial charge on any atom is -0.281 e. The fraction of sp³-hybridized carbons (Fsp3) is 0.333. The van der Waals surface area contributed by atoms with Crippen LogP contribution in [-0.4, -0.2) is 30.1 Å². The molecule has 1 aliphatic rings. The van der Waals surface area contributed by atoms with Crippen LogP contribution in [0.1, 0.15) is 20.8 Å². The quantitative estimate of drug-likeness (QED) is 0.500. The van der Waals surface area contributed by atoms with Crippen LogP contribution in [-0.2, 0) is 0 Å². The summed E-state index contributed by atoms with van der Waals surface area (Å²) in [7, 11) is 1.80. The Labute approximate surface area is 167 Å². The summed E-state index contributed by atoms with van der Waals surface area (Å²) in [6.45, 7) is 7.08. The third kappa shape index (κ3) is 4.60. The SMILES string of the molecule is CCP(CC)N(C)[C@@H](C)C1C=CC=C1P(c1ccccc1)c1ccccc1. The summed E-state index contributed by atoms with van der Waals surface area (Å²) in [5.41, 5.74) is 0. The molecule has 0 bridgehead atoms. The lowest BCUT2D eigenvalue weighted by Gasteiger charge is -2.37. The van der Waals surface area contributed by atoms with E-state index in [9.17, 15) is 0 Å². The van der Waals surface area contributed by atoms with Crippen LogP contribution in [0.25, 0.3) is 0 Å². The van der Waals surface area contributed by atoms with Gasteiger partial charge in [-0.2, -0.15) is 0 Å². The molecule has 27 heavy (non-hydrogen) atoms. The Hall–Kier alpha value is -1.26. The van der Waals surface area contributed by atoms with Gasteiger partial charge in [0.05, 0.1) is 0 Å². The van der Waals surface area contributed by atoms with Crippen LogP contribution in [0.5, 0.6) is 0 Å². The zero-order chi connectivity index (χ0) is 19.2. The normalized spacial score (nSPS) is 17.7. The zero-order valence-corrected chi connectivity index (χ0v) is 18.7. The average Bonchev–Trinajstić information content (AvgIpc) is 3.19.